The summed E-state index contributed by atoms with van der Waals surface area (Å²) in [5.74, 6) is 0.297. The normalized spacial score (nSPS) is 17.5. The zero-order valence-electron chi connectivity index (χ0n) is 12.3. The molecule has 1 aliphatic rings. The summed E-state index contributed by atoms with van der Waals surface area (Å²) >= 11 is 0. The minimum absolute atomic E-state index is 0.212. The Morgan fingerprint density at radius 3 is 2.91 bits per heavy atom. The zero-order chi connectivity index (χ0) is 15.5. The van der Waals surface area contributed by atoms with Crippen molar-refractivity contribution in [2.45, 2.75) is 25.8 Å². The molecular weight excluding hydrogens is 282 g/mol. The van der Waals surface area contributed by atoms with Gasteiger partial charge in [0.25, 0.3) is 5.91 Å². The number of hydrogen-bond acceptors (Lipinski definition) is 4. The molecule has 0 aliphatic carbocycles. The third kappa shape index (κ3) is 2.86. The maximum absolute atomic E-state index is 12.4. The van der Waals surface area contributed by atoms with Gasteiger partial charge < -0.3 is 14.6 Å². The summed E-state index contributed by atoms with van der Waals surface area (Å²) in [5, 5.41) is 2.78. The number of nitrogens with one attached hydrogen (secondary N) is 1. The number of rotatable bonds is 3. The van der Waals surface area contributed by atoms with E-state index in [1.807, 2.05) is 19.1 Å². The molecule has 114 valence electrons. The first-order chi connectivity index (χ1) is 10.6. The van der Waals surface area contributed by atoms with Crippen LogP contribution >= 0.6 is 0 Å². The third-order valence-corrected chi connectivity index (χ3v) is 3.69. The first-order valence-corrected chi connectivity index (χ1v) is 7.24. The van der Waals surface area contributed by atoms with Gasteiger partial charge in [0.15, 0.2) is 5.76 Å². The predicted octanol–water partition coefficient (Wildman–Crippen LogP) is 2.23. The van der Waals surface area contributed by atoms with Gasteiger partial charge >= 0.3 is 0 Å². The van der Waals surface area contributed by atoms with Gasteiger partial charge in [0.2, 0.25) is 5.91 Å². The molecule has 6 heteroatoms. The largest absolute Gasteiger partial charge is 0.459 e. The summed E-state index contributed by atoms with van der Waals surface area (Å²) < 4.78 is 5.13. The Bertz CT molecular complexity index is 682. The number of anilines is 1. The van der Waals surface area contributed by atoms with E-state index in [-0.39, 0.29) is 17.6 Å². The van der Waals surface area contributed by atoms with Gasteiger partial charge in [-0.1, -0.05) is 6.07 Å². The lowest BCUT2D eigenvalue weighted by Crippen LogP contribution is -2.43. The van der Waals surface area contributed by atoms with Crippen molar-refractivity contribution in [2.24, 2.45) is 0 Å². The summed E-state index contributed by atoms with van der Waals surface area (Å²) in [4.78, 5) is 30.6. The quantitative estimate of drug-likeness (QED) is 0.943. The van der Waals surface area contributed by atoms with Crippen LogP contribution in [-0.2, 0) is 4.79 Å². The van der Waals surface area contributed by atoms with E-state index in [0.717, 1.165) is 12.1 Å². The lowest BCUT2D eigenvalue weighted by atomic mass is 10.2. The summed E-state index contributed by atoms with van der Waals surface area (Å²) in [7, 11) is 0. The van der Waals surface area contributed by atoms with Crippen molar-refractivity contribution in [3.8, 4) is 0 Å². The molecule has 0 bridgehead atoms. The average Bonchev–Trinajstić information content (AvgIpc) is 3.18. The van der Waals surface area contributed by atoms with Crippen molar-refractivity contribution in [3.63, 3.8) is 0 Å². The first-order valence-electron chi connectivity index (χ1n) is 7.24. The number of hydrogen-bond donors (Lipinski definition) is 1. The second kappa shape index (κ2) is 6.01. The molecule has 2 amide bonds. The molecular formula is C16H17N3O3. The Balaban J connectivity index is 1.72. The van der Waals surface area contributed by atoms with E-state index in [1.165, 1.54) is 6.26 Å². The molecule has 0 aromatic carbocycles. The Labute approximate surface area is 128 Å². The Hall–Kier alpha value is -2.63. The van der Waals surface area contributed by atoms with Crippen LogP contribution in [0.15, 0.2) is 41.0 Å². The fourth-order valence-electron chi connectivity index (χ4n) is 2.65. The molecule has 6 nitrogen and oxygen atoms in total. The fourth-order valence-corrected chi connectivity index (χ4v) is 2.65. The Kier molecular flexibility index (Phi) is 3.91. The molecule has 1 N–H and O–H groups in total. The highest BCUT2D eigenvalue weighted by atomic mass is 16.3. The monoisotopic (exact) mass is 299 g/mol. The van der Waals surface area contributed by atoms with Gasteiger partial charge in [-0.25, -0.2) is 4.98 Å². The van der Waals surface area contributed by atoms with Gasteiger partial charge in [0.05, 0.1) is 6.26 Å². The number of amides is 2. The van der Waals surface area contributed by atoms with Crippen LogP contribution in [-0.4, -0.2) is 34.3 Å². The van der Waals surface area contributed by atoms with Crippen molar-refractivity contribution in [1.82, 2.24) is 9.88 Å². The van der Waals surface area contributed by atoms with Crippen LogP contribution in [0.4, 0.5) is 5.82 Å². The van der Waals surface area contributed by atoms with Gasteiger partial charge in [0.1, 0.15) is 11.9 Å². The average molecular weight is 299 g/mol. The van der Waals surface area contributed by atoms with Crippen molar-refractivity contribution >= 4 is 17.6 Å². The fraction of sp³-hybridized carbons (Fsp3) is 0.312. The highest BCUT2D eigenvalue weighted by Gasteiger charge is 2.35. The van der Waals surface area contributed by atoms with Gasteiger partial charge in [-0.15, -0.1) is 0 Å². The van der Waals surface area contributed by atoms with E-state index in [2.05, 4.69) is 10.3 Å². The lowest BCUT2D eigenvalue weighted by Gasteiger charge is -2.22. The standard InChI is InChI=1S/C16H17N3O3/c1-11-5-2-8-14(17-11)18-15(20)12-6-3-9-19(12)16(21)13-7-4-10-22-13/h2,4-5,7-8,10,12H,3,6,9H2,1H3,(H,17,18,20)/t12-/m0/s1. The molecule has 0 radical (unpaired) electrons. The minimum Gasteiger partial charge on any atom is -0.459 e. The van der Waals surface area contributed by atoms with Crippen LogP contribution in [0, 0.1) is 6.92 Å². The maximum Gasteiger partial charge on any atom is 0.290 e. The molecule has 1 saturated heterocycles. The molecule has 22 heavy (non-hydrogen) atoms. The van der Waals surface area contributed by atoms with Gasteiger partial charge in [-0.2, -0.15) is 0 Å². The topological polar surface area (TPSA) is 75.4 Å². The Morgan fingerprint density at radius 2 is 2.18 bits per heavy atom. The number of nitrogens with zero attached hydrogens (tertiary/aromatic N) is 2. The van der Waals surface area contributed by atoms with E-state index in [9.17, 15) is 9.59 Å². The SMILES string of the molecule is Cc1cccc(NC(=O)[C@@H]2CCCN2C(=O)c2ccco2)n1. The van der Waals surface area contributed by atoms with Crippen molar-refractivity contribution in [2.75, 3.05) is 11.9 Å². The molecule has 2 aromatic rings. The third-order valence-electron chi connectivity index (χ3n) is 3.69. The number of carbonyl (C=O) groups excluding carboxylic acids is 2. The number of likely N-dealkylation sites (tertiary alicyclic amines) is 1. The number of furan rings is 1. The van der Waals surface area contributed by atoms with Crippen LogP contribution in [0.2, 0.25) is 0 Å². The van der Waals surface area contributed by atoms with Crippen LogP contribution in [0.5, 0.6) is 0 Å². The van der Waals surface area contributed by atoms with Gasteiger partial charge in [-0.05, 0) is 44.0 Å². The highest BCUT2D eigenvalue weighted by molar-refractivity contribution is 6.00. The molecule has 1 aliphatic heterocycles. The molecule has 0 saturated carbocycles. The number of carbonyl (C=O) groups is 2. The number of pyridine rings is 1. The molecule has 1 atom stereocenters. The number of aryl methyl sites for hydroxylation is 1. The molecule has 0 unspecified atom stereocenters. The lowest BCUT2D eigenvalue weighted by molar-refractivity contribution is -0.119. The summed E-state index contributed by atoms with van der Waals surface area (Å²) in [6.07, 6.45) is 2.89. The van der Waals surface area contributed by atoms with Crippen molar-refractivity contribution in [3.05, 3.63) is 48.0 Å². The molecule has 1 fully saturated rings. The van der Waals surface area contributed by atoms with Crippen LogP contribution in [0.25, 0.3) is 0 Å². The van der Waals surface area contributed by atoms with Gasteiger partial charge in [0, 0.05) is 12.2 Å². The minimum atomic E-state index is -0.486. The second-order valence-corrected chi connectivity index (χ2v) is 5.29. The zero-order valence-corrected chi connectivity index (χ0v) is 12.3. The van der Waals surface area contributed by atoms with Crippen LogP contribution in [0.3, 0.4) is 0 Å². The van der Waals surface area contributed by atoms with E-state index >= 15 is 0 Å². The van der Waals surface area contributed by atoms with E-state index in [1.54, 1.807) is 23.1 Å². The number of aromatic nitrogens is 1. The summed E-state index contributed by atoms with van der Waals surface area (Å²) in [5.41, 5.74) is 0.827. The molecule has 0 spiro atoms. The summed E-state index contributed by atoms with van der Waals surface area (Å²) in [6.45, 7) is 2.41. The molecule has 3 rings (SSSR count). The second-order valence-electron chi connectivity index (χ2n) is 5.29. The van der Waals surface area contributed by atoms with Crippen molar-refractivity contribution < 1.29 is 14.0 Å². The van der Waals surface area contributed by atoms with E-state index < -0.39 is 6.04 Å². The Morgan fingerprint density at radius 1 is 1.32 bits per heavy atom. The van der Waals surface area contributed by atoms with E-state index in [4.69, 9.17) is 4.42 Å². The molecule has 2 aromatic heterocycles. The van der Waals surface area contributed by atoms with E-state index in [0.29, 0.717) is 18.8 Å². The van der Waals surface area contributed by atoms with Crippen LogP contribution in [0.1, 0.15) is 29.1 Å². The molecule has 3 heterocycles. The maximum atomic E-state index is 12.4. The predicted molar refractivity (Wildman–Crippen MR) is 80.4 cm³/mol. The van der Waals surface area contributed by atoms with Gasteiger partial charge in [-0.3, -0.25) is 9.59 Å². The highest BCUT2D eigenvalue weighted by Crippen LogP contribution is 2.21. The smallest absolute Gasteiger partial charge is 0.290 e. The summed E-state index contributed by atoms with van der Waals surface area (Å²) in [6, 6.07) is 8.21. The van der Waals surface area contributed by atoms with Crippen molar-refractivity contribution in [1.29, 1.82) is 0 Å². The first kappa shape index (κ1) is 14.3. The van der Waals surface area contributed by atoms with Crippen LogP contribution < -0.4 is 5.32 Å².